The highest BCUT2D eigenvalue weighted by molar-refractivity contribution is 5.99. The Morgan fingerprint density at radius 1 is 0.314 bits per heavy atom. The molecule has 0 unspecified atom stereocenters. The van der Waals surface area contributed by atoms with Gasteiger partial charge in [0.05, 0.1) is 16.8 Å². The van der Waals surface area contributed by atoms with Gasteiger partial charge in [-0.25, -0.2) is 0 Å². The molecule has 0 fully saturated rings. The number of nitrogens with zero attached hydrogens (tertiary/aromatic N) is 2. The number of rotatable bonds is 6. The van der Waals surface area contributed by atoms with Gasteiger partial charge < -0.3 is 9.80 Å². The molecule has 3 aliphatic rings. The summed E-state index contributed by atoms with van der Waals surface area (Å²) < 4.78 is 0. The minimum Gasteiger partial charge on any atom is -0.310 e. The first-order chi connectivity index (χ1) is 34.5. The number of anilines is 6. The van der Waals surface area contributed by atoms with E-state index in [0.717, 1.165) is 22.7 Å². The average Bonchev–Trinajstić information content (AvgIpc) is 3.84. The van der Waals surface area contributed by atoms with Gasteiger partial charge in [-0.2, -0.15) is 0 Å². The largest absolute Gasteiger partial charge is 0.310 e. The Morgan fingerprint density at radius 2 is 0.771 bits per heavy atom. The highest BCUT2D eigenvalue weighted by Gasteiger charge is 2.52. The van der Waals surface area contributed by atoms with Crippen molar-refractivity contribution in [2.45, 2.75) is 24.7 Å². The zero-order valence-corrected chi connectivity index (χ0v) is 39.1. The second kappa shape index (κ2) is 15.4. The summed E-state index contributed by atoms with van der Waals surface area (Å²) in [6, 6.07) is 94.9. The Labute approximate surface area is 410 Å². The lowest BCUT2D eigenvalue weighted by atomic mass is 9.64. The molecule has 14 rings (SSSR count). The minimum absolute atomic E-state index is 0.153. The molecule has 2 aliphatic carbocycles. The van der Waals surface area contributed by atoms with Gasteiger partial charge >= 0.3 is 0 Å². The van der Waals surface area contributed by atoms with Crippen molar-refractivity contribution in [2.75, 3.05) is 9.80 Å². The monoisotopic (exact) mass is 892 g/mol. The van der Waals surface area contributed by atoms with Gasteiger partial charge in [0, 0.05) is 28.2 Å². The maximum atomic E-state index is 2.51. The molecule has 0 amide bonds. The molecule has 0 radical (unpaired) electrons. The van der Waals surface area contributed by atoms with Gasteiger partial charge in [0.2, 0.25) is 0 Å². The molecule has 0 bridgehead atoms. The number of benzene rings is 11. The fraction of sp³-hybridized carbons (Fsp3) is 0.0588. The normalized spacial score (nSPS) is 14.1. The van der Waals surface area contributed by atoms with E-state index in [9.17, 15) is 0 Å². The molecular formula is C68H48N2. The molecule has 70 heavy (non-hydrogen) atoms. The van der Waals surface area contributed by atoms with Crippen LogP contribution < -0.4 is 9.80 Å². The summed E-state index contributed by atoms with van der Waals surface area (Å²) in [5.74, 6) is 0. The summed E-state index contributed by atoms with van der Waals surface area (Å²) in [5.41, 5.74) is 24.1. The summed E-state index contributed by atoms with van der Waals surface area (Å²) in [6.07, 6.45) is 0. The molecule has 11 aromatic carbocycles. The Bertz CT molecular complexity index is 3810. The third kappa shape index (κ3) is 5.80. The van der Waals surface area contributed by atoms with Crippen LogP contribution in [0.2, 0.25) is 0 Å². The smallest absolute Gasteiger partial charge is 0.0755 e. The summed E-state index contributed by atoms with van der Waals surface area (Å²) in [5, 5.41) is 2.53. The van der Waals surface area contributed by atoms with Gasteiger partial charge in [-0.15, -0.1) is 0 Å². The van der Waals surface area contributed by atoms with Crippen LogP contribution in [-0.2, 0) is 10.8 Å². The molecular weight excluding hydrogens is 845 g/mol. The predicted octanol–water partition coefficient (Wildman–Crippen LogP) is 18.1. The van der Waals surface area contributed by atoms with Crippen molar-refractivity contribution in [3.8, 4) is 44.5 Å². The molecule has 1 aliphatic heterocycles. The Hall–Kier alpha value is -8.72. The first kappa shape index (κ1) is 40.4. The maximum absolute atomic E-state index is 2.51. The lowest BCUT2D eigenvalue weighted by molar-refractivity contribution is 0.660. The van der Waals surface area contributed by atoms with Crippen LogP contribution in [0.15, 0.2) is 255 Å². The zero-order chi connectivity index (χ0) is 46.6. The van der Waals surface area contributed by atoms with E-state index in [2.05, 4.69) is 278 Å². The second-order valence-corrected chi connectivity index (χ2v) is 19.6. The van der Waals surface area contributed by atoms with E-state index in [1.807, 2.05) is 0 Å². The zero-order valence-electron chi connectivity index (χ0n) is 39.1. The summed E-state index contributed by atoms with van der Waals surface area (Å²) >= 11 is 0. The highest BCUT2D eigenvalue weighted by atomic mass is 15.2. The van der Waals surface area contributed by atoms with Crippen molar-refractivity contribution in [3.63, 3.8) is 0 Å². The average molecular weight is 893 g/mol. The maximum Gasteiger partial charge on any atom is 0.0755 e. The number of para-hydroxylation sites is 3. The molecule has 1 heterocycles. The molecule has 2 nitrogen and oxygen atoms in total. The number of fused-ring (bicyclic) bond motifs is 13. The molecule has 0 saturated heterocycles. The number of hydrogen-bond acceptors (Lipinski definition) is 2. The van der Waals surface area contributed by atoms with Crippen LogP contribution in [0.4, 0.5) is 34.1 Å². The minimum atomic E-state index is -0.574. The Kier molecular flexibility index (Phi) is 8.88. The van der Waals surface area contributed by atoms with Gasteiger partial charge in [-0.1, -0.05) is 208 Å². The van der Waals surface area contributed by atoms with Crippen LogP contribution in [0.1, 0.15) is 47.2 Å². The molecule has 1 spiro atoms. The number of hydrogen-bond donors (Lipinski definition) is 0. The molecule has 2 heteroatoms. The van der Waals surface area contributed by atoms with Gasteiger partial charge in [0.15, 0.2) is 0 Å². The van der Waals surface area contributed by atoms with Crippen molar-refractivity contribution >= 4 is 44.9 Å². The van der Waals surface area contributed by atoms with Gasteiger partial charge in [-0.3, -0.25) is 0 Å². The van der Waals surface area contributed by atoms with Crippen molar-refractivity contribution in [1.29, 1.82) is 0 Å². The lowest BCUT2D eigenvalue weighted by Crippen LogP contribution is -2.36. The highest BCUT2D eigenvalue weighted by Crippen LogP contribution is 2.64. The fourth-order valence-electron chi connectivity index (χ4n) is 12.5. The van der Waals surface area contributed by atoms with Crippen LogP contribution in [0.3, 0.4) is 0 Å². The van der Waals surface area contributed by atoms with Crippen molar-refractivity contribution in [3.05, 3.63) is 288 Å². The van der Waals surface area contributed by atoms with E-state index in [1.165, 1.54) is 100 Å². The first-order valence-electron chi connectivity index (χ1n) is 24.5. The van der Waals surface area contributed by atoms with Crippen LogP contribution in [-0.4, -0.2) is 0 Å². The molecule has 0 atom stereocenters. The van der Waals surface area contributed by atoms with Crippen molar-refractivity contribution < 1.29 is 0 Å². The summed E-state index contributed by atoms with van der Waals surface area (Å²) in [7, 11) is 0. The molecule has 0 aromatic heterocycles. The molecule has 11 aromatic rings. The van der Waals surface area contributed by atoms with Gasteiger partial charge in [0.25, 0.3) is 0 Å². The quantitative estimate of drug-likeness (QED) is 0.164. The summed E-state index contributed by atoms with van der Waals surface area (Å²) in [6.45, 7) is 4.75. The van der Waals surface area contributed by atoms with Crippen molar-refractivity contribution in [1.82, 2.24) is 0 Å². The third-order valence-corrected chi connectivity index (χ3v) is 15.7. The first-order valence-corrected chi connectivity index (χ1v) is 24.5. The summed E-state index contributed by atoms with van der Waals surface area (Å²) in [4.78, 5) is 4.94. The molecule has 0 saturated carbocycles. The van der Waals surface area contributed by atoms with Crippen LogP contribution in [0.25, 0.3) is 55.3 Å². The second-order valence-electron chi connectivity index (χ2n) is 19.6. The molecule has 330 valence electrons. The van der Waals surface area contributed by atoms with E-state index in [4.69, 9.17) is 0 Å². The Balaban J connectivity index is 0.946. The van der Waals surface area contributed by atoms with Gasteiger partial charge in [0.1, 0.15) is 0 Å². The van der Waals surface area contributed by atoms with E-state index >= 15 is 0 Å². The Morgan fingerprint density at radius 3 is 1.46 bits per heavy atom. The SMILES string of the molecule is CC1(C)c2ccccc2-c2ccc(N(c3ccc(-c4ccc(-c5cccc6ccccc56)cc4)cc3)c3ccc4c(c3)C3(c5ccccc5-4)c4ccccc4N(c4ccccc4)c4ccccc43)cc21. The van der Waals surface area contributed by atoms with Crippen LogP contribution in [0, 0.1) is 0 Å². The van der Waals surface area contributed by atoms with E-state index in [1.54, 1.807) is 0 Å². The van der Waals surface area contributed by atoms with Crippen LogP contribution >= 0.6 is 0 Å². The van der Waals surface area contributed by atoms with Crippen LogP contribution in [0.5, 0.6) is 0 Å². The standard InChI is InChI=1S/C68H48N2/c1-67(2)59-25-10-8-22-55(59)57-41-39-51(43-63(57)67)69(50-37-35-46(36-38-50)45-31-33-48(34-32-45)54-24-16-18-47-17-6-7-21-53(47)54)52-40-42-58-56-23-9-11-26-60(56)68(64(58)44-52)61-27-12-14-29-65(61)70(49-19-4-3-5-20-49)66-30-15-13-28-62(66)68/h3-44H,1-2H3. The van der Waals surface area contributed by atoms with Crippen molar-refractivity contribution in [2.24, 2.45) is 0 Å². The predicted molar refractivity (Wildman–Crippen MR) is 293 cm³/mol. The van der Waals surface area contributed by atoms with E-state index < -0.39 is 5.41 Å². The fourth-order valence-corrected chi connectivity index (χ4v) is 12.5. The van der Waals surface area contributed by atoms with E-state index in [0.29, 0.717) is 0 Å². The van der Waals surface area contributed by atoms with E-state index in [-0.39, 0.29) is 5.41 Å². The molecule has 0 N–H and O–H groups in total. The van der Waals surface area contributed by atoms with Gasteiger partial charge in [-0.05, 0) is 149 Å². The topological polar surface area (TPSA) is 6.48 Å². The lowest BCUT2D eigenvalue weighted by Gasteiger charge is -2.45. The third-order valence-electron chi connectivity index (χ3n) is 15.7.